The standard InChI is InChI=1S/C9H14Br2N2O2S2/c1-2-12-4-3-5-13-17(14,15)7-6-8(10)16-9(7)11/h6,12-13H,2-5H2,1H3. The molecule has 0 saturated heterocycles. The summed E-state index contributed by atoms with van der Waals surface area (Å²) in [5.41, 5.74) is 0. The second-order valence-electron chi connectivity index (χ2n) is 3.29. The summed E-state index contributed by atoms with van der Waals surface area (Å²) in [5.74, 6) is 0. The van der Waals surface area contributed by atoms with Crippen molar-refractivity contribution in [3.63, 3.8) is 0 Å². The highest BCUT2D eigenvalue weighted by molar-refractivity contribution is 9.12. The second-order valence-corrected chi connectivity index (χ2v) is 8.78. The number of hydrogen-bond donors (Lipinski definition) is 2. The Morgan fingerprint density at radius 1 is 1.35 bits per heavy atom. The summed E-state index contributed by atoms with van der Waals surface area (Å²) in [6, 6.07) is 1.60. The molecule has 4 nitrogen and oxygen atoms in total. The molecule has 8 heteroatoms. The van der Waals surface area contributed by atoms with E-state index < -0.39 is 10.0 Å². The van der Waals surface area contributed by atoms with Crippen LogP contribution in [0.3, 0.4) is 0 Å². The van der Waals surface area contributed by atoms with E-state index in [4.69, 9.17) is 0 Å². The van der Waals surface area contributed by atoms with Crippen LogP contribution >= 0.6 is 43.2 Å². The van der Waals surface area contributed by atoms with Gasteiger partial charge < -0.3 is 5.32 Å². The maximum Gasteiger partial charge on any atom is 0.242 e. The fourth-order valence-corrected chi connectivity index (χ4v) is 6.07. The Balaban J connectivity index is 2.54. The Hall–Kier alpha value is 0.530. The summed E-state index contributed by atoms with van der Waals surface area (Å²) in [4.78, 5) is 0.290. The Bertz CT molecular complexity index is 460. The van der Waals surface area contributed by atoms with E-state index >= 15 is 0 Å². The molecule has 98 valence electrons. The quantitative estimate of drug-likeness (QED) is 0.685. The largest absolute Gasteiger partial charge is 0.317 e. The third-order valence-electron chi connectivity index (χ3n) is 1.99. The summed E-state index contributed by atoms with van der Waals surface area (Å²) >= 11 is 7.85. The Morgan fingerprint density at radius 3 is 2.59 bits per heavy atom. The molecular weight excluding hydrogens is 392 g/mol. The fraction of sp³-hybridized carbons (Fsp3) is 0.556. The second kappa shape index (κ2) is 7.20. The average molecular weight is 406 g/mol. The van der Waals surface area contributed by atoms with E-state index in [0.717, 1.165) is 23.3 Å². The molecule has 0 fully saturated rings. The molecule has 0 atom stereocenters. The van der Waals surface area contributed by atoms with E-state index in [2.05, 4.69) is 41.9 Å². The molecule has 1 rings (SSSR count). The van der Waals surface area contributed by atoms with Crippen molar-refractivity contribution < 1.29 is 8.42 Å². The van der Waals surface area contributed by atoms with Gasteiger partial charge in [0.15, 0.2) is 0 Å². The first-order valence-electron chi connectivity index (χ1n) is 5.12. The molecule has 0 saturated carbocycles. The van der Waals surface area contributed by atoms with Crippen molar-refractivity contribution in [1.82, 2.24) is 10.0 Å². The van der Waals surface area contributed by atoms with Crippen LogP contribution in [0, 0.1) is 0 Å². The predicted octanol–water partition coefficient (Wildman–Crippen LogP) is 2.55. The first kappa shape index (κ1) is 15.6. The van der Waals surface area contributed by atoms with Crippen LogP contribution in [0.25, 0.3) is 0 Å². The van der Waals surface area contributed by atoms with E-state index in [1.165, 1.54) is 11.3 Å². The van der Waals surface area contributed by atoms with E-state index in [0.29, 0.717) is 10.3 Å². The molecule has 1 heterocycles. The fourth-order valence-electron chi connectivity index (χ4n) is 1.18. The Labute approximate surface area is 122 Å². The Morgan fingerprint density at radius 2 is 2.06 bits per heavy atom. The molecule has 0 aliphatic carbocycles. The predicted molar refractivity (Wildman–Crippen MR) is 78.1 cm³/mol. The van der Waals surface area contributed by atoms with Crippen LogP contribution in [0.15, 0.2) is 18.5 Å². The van der Waals surface area contributed by atoms with Crippen LogP contribution < -0.4 is 10.0 Å². The third-order valence-corrected chi connectivity index (χ3v) is 6.20. The topological polar surface area (TPSA) is 58.2 Å². The molecule has 0 radical (unpaired) electrons. The lowest BCUT2D eigenvalue weighted by molar-refractivity contribution is 0.575. The molecule has 1 aromatic heterocycles. The van der Waals surface area contributed by atoms with Crippen LogP contribution in [-0.2, 0) is 10.0 Å². The van der Waals surface area contributed by atoms with Crippen molar-refractivity contribution in [3.05, 3.63) is 13.6 Å². The lowest BCUT2D eigenvalue weighted by atomic mass is 10.4. The highest BCUT2D eigenvalue weighted by atomic mass is 79.9. The van der Waals surface area contributed by atoms with Crippen LogP contribution in [-0.4, -0.2) is 28.1 Å². The van der Waals surface area contributed by atoms with Crippen LogP contribution in [0.5, 0.6) is 0 Å². The highest BCUT2D eigenvalue weighted by Gasteiger charge is 2.19. The summed E-state index contributed by atoms with van der Waals surface area (Å²) in [7, 11) is -3.40. The van der Waals surface area contributed by atoms with Crippen molar-refractivity contribution in [2.45, 2.75) is 18.2 Å². The maximum atomic E-state index is 11.9. The zero-order valence-electron chi connectivity index (χ0n) is 9.29. The van der Waals surface area contributed by atoms with Crippen molar-refractivity contribution in [2.24, 2.45) is 0 Å². The summed E-state index contributed by atoms with van der Waals surface area (Å²) in [6.45, 7) is 4.17. The monoisotopic (exact) mass is 404 g/mol. The first-order chi connectivity index (χ1) is 7.97. The lowest BCUT2D eigenvalue weighted by Gasteiger charge is -2.05. The molecule has 17 heavy (non-hydrogen) atoms. The van der Waals surface area contributed by atoms with Gasteiger partial charge in [-0.25, -0.2) is 13.1 Å². The van der Waals surface area contributed by atoms with Gasteiger partial charge in [-0.15, -0.1) is 11.3 Å². The number of halogens is 2. The molecular formula is C9H14Br2N2O2S2. The average Bonchev–Trinajstić information content (AvgIpc) is 2.58. The zero-order valence-corrected chi connectivity index (χ0v) is 14.1. The zero-order chi connectivity index (χ0) is 12.9. The van der Waals surface area contributed by atoms with Gasteiger partial charge in [-0.3, -0.25) is 0 Å². The normalized spacial score (nSPS) is 11.9. The van der Waals surface area contributed by atoms with Gasteiger partial charge in [0.25, 0.3) is 0 Å². The van der Waals surface area contributed by atoms with E-state index in [-0.39, 0.29) is 4.90 Å². The van der Waals surface area contributed by atoms with Crippen molar-refractivity contribution in [2.75, 3.05) is 19.6 Å². The summed E-state index contributed by atoms with van der Waals surface area (Å²) in [5, 5.41) is 3.14. The number of nitrogens with one attached hydrogen (secondary N) is 2. The van der Waals surface area contributed by atoms with Gasteiger partial charge in [0.2, 0.25) is 10.0 Å². The molecule has 0 unspecified atom stereocenters. The van der Waals surface area contributed by atoms with Crippen molar-refractivity contribution in [1.29, 1.82) is 0 Å². The number of hydrogen-bond acceptors (Lipinski definition) is 4. The molecule has 0 aromatic carbocycles. The number of sulfonamides is 1. The SMILES string of the molecule is CCNCCCNS(=O)(=O)c1cc(Br)sc1Br. The van der Waals surface area contributed by atoms with Crippen molar-refractivity contribution >= 4 is 53.2 Å². The highest BCUT2D eigenvalue weighted by Crippen LogP contribution is 2.34. The van der Waals surface area contributed by atoms with Gasteiger partial charge in [-0.05, 0) is 57.4 Å². The van der Waals surface area contributed by atoms with Crippen LogP contribution in [0.1, 0.15) is 13.3 Å². The summed E-state index contributed by atoms with van der Waals surface area (Å²) in [6.07, 6.45) is 0.774. The first-order valence-corrected chi connectivity index (χ1v) is 9.01. The molecule has 0 spiro atoms. The van der Waals surface area contributed by atoms with E-state index in [1.807, 2.05) is 6.92 Å². The number of thiophene rings is 1. The molecule has 0 amide bonds. The minimum Gasteiger partial charge on any atom is -0.317 e. The van der Waals surface area contributed by atoms with E-state index in [9.17, 15) is 8.42 Å². The van der Waals surface area contributed by atoms with Gasteiger partial charge in [0.05, 0.1) is 7.57 Å². The van der Waals surface area contributed by atoms with Crippen LogP contribution in [0.2, 0.25) is 0 Å². The minimum absolute atomic E-state index is 0.290. The molecule has 0 aliphatic heterocycles. The van der Waals surface area contributed by atoms with Gasteiger partial charge in [0, 0.05) is 6.54 Å². The smallest absolute Gasteiger partial charge is 0.242 e. The number of rotatable bonds is 7. The Kier molecular flexibility index (Phi) is 6.60. The van der Waals surface area contributed by atoms with Gasteiger partial charge >= 0.3 is 0 Å². The lowest BCUT2D eigenvalue weighted by Crippen LogP contribution is -2.27. The third kappa shape index (κ3) is 4.96. The van der Waals surface area contributed by atoms with E-state index in [1.54, 1.807) is 6.07 Å². The van der Waals surface area contributed by atoms with Gasteiger partial charge in [0.1, 0.15) is 4.90 Å². The van der Waals surface area contributed by atoms with Gasteiger partial charge in [-0.2, -0.15) is 0 Å². The van der Waals surface area contributed by atoms with Crippen molar-refractivity contribution in [3.8, 4) is 0 Å². The molecule has 0 aliphatic rings. The van der Waals surface area contributed by atoms with Gasteiger partial charge in [-0.1, -0.05) is 6.92 Å². The molecule has 1 aromatic rings. The summed E-state index contributed by atoms with van der Waals surface area (Å²) < 4.78 is 27.8. The molecule has 2 N–H and O–H groups in total. The maximum absolute atomic E-state index is 11.9. The van der Waals surface area contributed by atoms with Crippen LogP contribution in [0.4, 0.5) is 0 Å². The minimum atomic E-state index is -3.40. The molecule has 0 bridgehead atoms.